The van der Waals surface area contributed by atoms with Crippen LogP contribution in [0.3, 0.4) is 0 Å². The Hall–Kier alpha value is -1.56. The Balaban J connectivity index is 1.29. The van der Waals surface area contributed by atoms with Crippen LogP contribution in [-0.2, 0) is 4.74 Å². The van der Waals surface area contributed by atoms with Gasteiger partial charge in [0.25, 0.3) is 5.91 Å². The third kappa shape index (κ3) is 3.92. The molecule has 2 aromatic rings. The number of ether oxygens (including phenoxy) is 1. The minimum absolute atomic E-state index is 0.101. The van der Waals surface area contributed by atoms with Crippen LogP contribution in [0.1, 0.15) is 36.2 Å². The number of likely N-dealkylation sites (N-methyl/N-ethyl adjacent to an activating group) is 1. The van der Waals surface area contributed by atoms with Gasteiger partial charge in [-0.3, -0.25) is 4.79 Å². The minimum Gasteiger partial charge on any atom is -0.376 e. The fraction of sp³-hybridized carbons (Fsp3) is 0.609. The largest absolute Gasteiger partial charge is 0.376 e. The number of hydrogen-bond donors (Lipinski definition) is 1. The molecule has 4 atom stereocenters. The van der Waals surface area contributed by atoms with E-state index < -0.39 is 0 Å². The molecule has 29 heavy (non-hydrogen) atoms. The van der Waals surface area contributed by atoms with Crippen molar-refractivity contribution in [3.63, 3.8) is 0 Å². The molecule has 3 fully saturated rings. The van der Waals surface area contributed by atoms with Crippen molar-refractivity contribution in [1.82, 2.24) is 14.8 Å². The van der Waals surface area contributed by atoms with Crippen LogP contribution in [0.5, 0.6) is 0 Å². The maximum atomic E-state index is 13.2. The van der Waals surface area contributed by atoms with E-state index in [2.05, 4.69) is 24.0 Å². The Morgan fingerprint density at radius 1 is 1.21 bits per heavy atom. The number of nitrogens with zero attached hydrogens (tertiary/aromatic N) is 2. The molecule has 1 aromatic carbocycles. The Labute approximate surface area is 177 Å². The van der Waals surface area contributed by atoms with Gasteiger partial charge in [-0.05, 0) is 81.8 Å². The maximum Gasteiger partial charge on any atom is 0.270 e. The number of rotatable bonds is 5. The highest BCUT2D eigenvalue weighted by Crippen LogP contribution is 2.40. The number of carbonyl (C=O) groups is 1. The minimum atomic E-state index is 0.101. The van der Waals surface area contributed by atoms with Gasteiger partial charge in [-0.15, -0.1) is 0 Å². The first-order chi connectivity index (χ1) is 14.0. The van der Waals surface area contributed by atoms with Gasteiger partial charge >= 0.3 is 0 Å². The lowest BCUT2D eigenvalue weighted by molar-refractivity contribution is -0.0493. The average molecular weight is 416 g/mol. The number of hydrogen-bond acceptors (Lipinski definition) is 3. The van der Waals surface area contributed by atoms with Crippen LogP contribution < -0.4 is 0 Å². The third-order valence-electron chi connectivity index (χ3n) is 7.09. The summed E-state index contributed by atoms with van der Waals surface area (Å²) in [6.07, 6.45) is 5.11. The number of halogens is 1. The first kappa shape index (κ1) is 19.4. The van der Waals surface area contributed by atoms with Gasteiger partial charge in [-0.25, -0.2) is 0 Å². The number of aromatic nitrogens is 1. The molecule has 1 aliphatic heterocycles. The molecule has 5 nitrogen and oxygen atoms in total. The summed E-state index contributed by atoms with van der Waals surface area (Å²) >= 11 is 6.09. The molecule has 0 unspecified atom stereocenters. The predicted octanol–water partition coefficient (Wildman–Crippen LogP) is 4.03. The van der Waals surface area contributed by atoms with Gasteiger partial charge in [0.2, 0.25) is 0 Å². The van der Waals surface area contributed by atoms with E-state index in [9.17, 15) is 4.79 Å². The van der Waals surface area contributed by atoms with E-state index in [4.69, 9.17) is 16.3 Å². The highest BCUT2D eigenvalue weighted by Gasteiger charge is 2.45. The highest BCUT2D eigenvalue weighted by molar-refractivity contribution is 6.31. The van der Waals surface area contributed by atoms with Crippen molar-refractivity contribution >= 4 is 28.4 Å². The van der Waals surface area contributed by atoms with Gasteiger partial charge < -0.3 is 19.5 Å². The Bertz CT molecular complexity index is 907. The van der Waals surface area contributed by atoms with Crippen LogP contribution in [0.15, 0.2) is 24.3 Å². The molecule has 3 aliphatic rings. The van der Waals surface area contributed by atoms with E-state index in [1.807, 2.05) is 29.2 Å². The van der Waals surface area contributed by atoms with Crippen molar-refractivity contribution in [2.45, 2.75) is 37.8 Å². The van der Waals surface area contributed by atoms with E-state index in [-0.39, 0.29) is 12.0 Å². The van der Waals surface area contributed by atoms with Crippen molar-refractivity contribution in [1.29, 1.82) is 0 Å². The van der Waals surface area contributed by atoms with Gasteiger partial charge in [0.05, 0.1) is 6.10 Å². The molecule has 1 aromatic heterocycles. The maximum absolute atomic E-state index is 13.2. The van der Waals surface area contributed by atoms with Gasteiger partial charge in [0.15, 0.2) is 0 Å². The monoisotopic (exact) mass is 415 g/mol. The third-order valence-corrected chi connectivity index (χ3v) is 7.33. The second kappa shape index (κ2) is 7.60. The summed E-state index contributed by atoms with van der Waals surface area (Å²) in [7, 11) is 4.32. The molecule has 0 bridgehead atoms. The van der Waals surface area contributed by atoms with Crippen LogP contribution in [0, 0.1) is 17.8 Å². The number of likely N-dealkylation sites (tertiary alicyclic amines) is 1. The normalized spacial score (nSPS) is 29.6. The molecule has 156 valence electrons. The van der Waals surface area contributed by atoms with Crippen LogP contribution in [0.25, 0.3) is 10.9 Å². The Morgan fingerprint density at radius 2 is 1.97 bits per heavy atom. The number of fused-ring (bicyclic) bond motifs is 2. The second-order valence-corrected chi connectivity index (χ2v) is 9.90. The topological polar surface area (TPSA) is 48.6 Å². The van der Waals surface area contributed by atoms with E-state index in [1.54, 1.807) is 0 Å². The number of carbonyl (C=O) groups excluding carboxylic acids is 1. The van der Waals surface area contributed by atoms with Gasteiger partial charge in [-0.1, -0.05) is 11.6 Å². The highest BCUT2D eigenvalue weighted by atomic mass is 35.5. The number of amides is 1. The molecule has 2 aliphatic carbocycles. The number of nitrogens with one attached hydrogen (secondary N) is 1. The van der Waals surface area contributed by atoms with E-state index in [1.165, 1.54) is 12.8 Å². The Morgan fingerprint density at radius 3 is 2.69 bits per heavy atom. The molecule has 5 rings (SSSR count). The van der Waals surface area contributed by atoms with Gasteiger partial charge in [0.1, 0.15) is 5.69 Å². The lowest BCUT2D eigenvalue weighted by atomic mass is 9.77. The van der Waals surface area contributed by atoms with Crippen LogP contribution in [0.2, 0.25) is 5.02 Å². The molecule has 1 amide bonds. The van der Waals surface area contributed by atoms with E-state index in [0.717, 1.165) is 49.4 Å². The van der Waals surface area contributed by atoms with Crippen LogP contribution in [-0.4, -0.2) is 66.6 Å². The molecular formula is C23H30ClN3O2. The molecule has 1 N–H and O–H groups in total. The zero-order valence-corrected chi connectivity index (χ0v) is 18.0. The number of H-pyrrole nitrogens is 1. The first-order valence-corrected chi connectivity index (χ1v) is 11.2. The molecule has 0 spiro atoms. The summed E-state index contributed by atoms with van der Waals surface area (Å²) < 4.78 is 6.36. The molecule has 2 heterocycles. The molecule has 2 saturated carbocycles. The lowest BCUT2D eigenvalue weighted by Crippen LogP contribution is -2.48. The van der Waals surface area contributed by atoms with Gasteiger partial charge in [0, 0.05) is 41.7 Å². The molecular weight excluding hydrogens is 386 g/mol. The van der Waals surface area contributed by atoms with Crippen molar-refractivity contribution in [3.05, 3.63) is 35.0 Å². The fourth-order valence-corrected chi connectivity index (χ4v) is 5.39. The quantitative estimate of drug-likeness (QED) is 0.802. The summed E-state index contributed by atoms with van der Waals surface area (Å²) in [5, 5.41) is 1.67. The zero-order valence-electron chi connectivity index (χ0n) is 17.2. The van der Waals surface area contributed by atoms with Crippen LogP contribution in [0.4, 0.5) is 0 Å². The summed E-state index contributed by atoms with van der Waals surface area (Å²) in [5.41, 5.74) is 1.61. The molecule has 1 saturated heterocycles. The smallest absolute Gasteiger partial charge is 0.270 e. The summed E-state index contributed by atoms with van der Waals surface area (Å²) in [5.74, 6) is 1.99. The zero-order chi connectivity index (χ0) is 20.1. The summed E-state index contributed by atoms with van der Waals surface area (Å²) in [6.45, 7) is 2.59. The first-order valence-electron chi connectivity index (χ1n) is 10.8. The van der Waals surface area contributed by atoms with Crippen molar-refractivity contribution < 1.29 is 9.53 Å². The standard InChI is InChI=1S/C23H30ClN3O2/c1-26(2)21-9-16-11-27(12-17(16)10-22(21)29-13-14-3-4-14)23(28)20-8-15-7-18(24)5-6-19(15)25-20/h5-8,14,16-17,21-22,25H,3-4,9-13H2,1-2H3/t16-,17+,21-,22-/m1/s1. The van der Waals surface area contributed by atoms with E-state index in [0.29, 0.717) is 28.6 Å². The van der Waals surface area contributed by atoms with Crippen LogP contribution >= 0.6 is 11.6 Å². The summed E-state index contributed by atoms with van der Waals surface area (Å²) in [4.78, 5) is 20.8. The molecule has 0 radical (unpaired) electrons. The second-order valence-electron chi connectivity index (χ2n) is 9.46. The Kier molecular flexibility index (Phi) is 5.09. The van der Waals surface area contributed by atoms with Crippen molar-refractivity contribution in [2.24, 2.45) is 17.8 Å². The lowest BCUT2D eigenvalue weighted by Gasteiger charge is -2.41. The predicted molar refractivity (Wildman–Crippen MR) is 115 cm³/mol. The van der Waals surface area contributed by atoms with Gasteiger partial charge in [-0.2, -0.15) is 0 Å². The average Bonchev–Trinajstić information content (AvgIpc) is 3.28. The number of aromatic amines is 1. The van der Waals surface area contributed by atoms with Crippen molar-refractivity contribution in [3.8, 4) is 0 Å². The SMILES string of the molecule is CN(C)[C@@H]1C[C@@H]2CN(C(=O)c3cc4cc(Cl)ccc4[nH]3)C[C@@H]2C[C@H]1OCC1CC1. The summed E-state index contributed by atoms with van der Waals surface area (Å²) in [6, 6.07) is 8.05. The van der Waals surface area contributed by atoms with Crippen molar-refractivity contribution in [2.75, 3.05) is 33.8 Å². The fourth-order valence-electron chi connectivity index (χ4n) is 5.21. The molecule has 6 heteroatoms. The van der Waals surface area contributed by atoms with E-state index >= 15 is 0 Å². The number of benzene rings is 1.